The van der Waals surface area contributed by atoms with Gasteiger partial charge in [-0.1, -0.05) is 17.3 Å². The molecule has 0 saturated heterocycles. The van der Waals surface area contributed by atoms with E-state index in [1.54, 1.807) is 19.1 Å². The highest BCUT2D eigenvalue weighted by Gasteiger charge is 2.11. The van der Waals surface area contributed by atoms with Crippen LogP contribution >= 0.6 is 11.8 Å². The Morgan fingerprint density at radius 2 is 2.00 bits per heavy atom. The lowest BCUT2D eigenvalue weighted by Gasteiger charge is -2.07. The van der Waals surface area contributed by atoms with Gasteiger partial charge in [-0.25, -0.2) is 4.79 Å². The number of nitrogens with zero attached hydrogens (tertiary/aromatic N) is 1. The maximum Gasteiger partial charge on any atom is 0.336 e. The number of hydrogen-bond donors (Lipinski definition) is 1. The molecule has 3 rings (SSSR count). The van der Waals surface area contributed by atoms with E-state index in [0.717, 1.165) is 17.3 Å². The second-order valence-electron chi connectivity index (χ2n) is 6.11. The number of carbonyl (C=O) groups is 2. The highest BCUT2D eigenvalue weighted by Crippen LogP contribution is 2.19. The van der Waals surface area contributed by atoms with Gasteiger partial charge in [0.05, 0.1) is 11.5 Å². The molecule has 0 radical (unpaired) electrons. The van der Waals surface area contributed by atoms with Crippen LogP contribution in [0, 0.1) is 13.8 Å². The number of rotatable bonds is 7. The van der Waals surface area contributed by atoms with Gasteiger partial charge < -0.3 is 19.0 Å². The zero-order valence-electron chi connectivity index (χ0n) is 15.3. The molecule has 2 aromatic heterocycles. The van der Waals surface area contributed by atoms with E-state index in [1.807, 2.05) is 19.1 Å². The molecule has 0 atom stereocenters. The van der Waals surface area contributed by atoms with Crippen LogP contribution in [-0.2, 0) is 20.9 Å². The Kier molecular flexibility index (Phi) is 6.15. The van der Waals surface area contributed by atoms with Crippen molar-refractivity contribution in [3.8, 4) is 0 Å². The van der Waals surface area contributed by atoms with Gasteiger partial charge in [0.15, 0.2) is 5.82 Å². The molecule has 146 valence electrons. The molecule has 0 aliphatic rings. The number of hydrogen-bond acceptors (Lipinski definition) is 8. The van der Waals surface area contributed by atoms with Crippen molar-refractivity contribution in [3.63, 3.8) is 0 Å². The lowest BCUT2D eigenvalue weighted by atomic mass is 10.1. The maximum atomic E-state index is 11.9. The summed E-state index contributed by atoms with van der Waals surface area (Å²) < 4.78 is 15.3. The average Bonchev–Trinajstić information content (AvgIpc) is 3.03. The molecule has 2 heterocycles. The highest BCUT2D eigenvalue weighted by molar-refractivity contribution is 8.00. The summed E-state index contributed by atoms with van der Waals surface area (Å²) in [6.45, 7) is 3.56. The smallest absolute Gasteiger partial charge is 0.336 e. The Bertz CT molecular complexity index is 1070. The second-order valence-corrected chi connectivity index (χ2v) is 7.10. The van der Waals surface area contributed by atoms with Gasteiger partial charge in [0, 0.05) is 23.1 Å². The number of aromatic nitrogens is 1. The highest BCUT2D eigenvalue weighted by atomic mass is 32.2. The molecular formula is C19H18N2O6S. The minimum atomic E-state index is -0.502. The van der Waals surface area contributed by atoms with Crippen molar-refractivity contribution in [2.45, 2.75) is 20.5 Å². The van der Waals surface area contributed by atoms with Crippen LogP contribution < -0.4 is 10.9 Å². The van der Waals surface area contributed by atoms with Gasteiger partial charge in [-0.05, 0) is 25.5 Å². The second kappa shape index (κ2) is 8.75. The van der Waals surface area contributed by atoms with Crippen molar-refractivity contribution in [3.05, 3.63) is 57.6 Å². The molecule has 0 fully saturated rings. The van der Waals surface area contributed by atoms with E-state index >= 15 is 0 Å². The molecule has 8 nitrogen and oxygen atoms in total. The average molecular weight is 402 g/mol. The molecule has 1 N–H and O–H groups in total. The van der Waals surface area contributed by atoms with E-state index in [9.17, 15) is 14.4 Å². The summed E-state index contributed by atoms with van der Waals surface area (Å²) in [4.78, 5) is 35.4. The summed E-state index contributed by atoms with van der Waals surface area (Å²) in [5, 5.41) is 6.94. The topological polar surface area (TPSA) is 112 Å². The monoisotopic (exact) mass is 402 g/mol. The predicted octanol–water partition coefficient (Wildman–Crippen LogP) is 2.81. The minimum Gasteiger partial charge on any atom is -0.460 e. The molecule has 0 saturated carbocycles. The number of benzene rings is 1. The Morgan fingerprint density at radius 3 is 2.75 bits per heavy atom. The SMILES string of the molecule is Cc1ccc2c(COC(=O)CSCC(=O)Nc3cc(C)on3)cc(=O)oc2c1. The van der Waals surface area contributed by atoms with E-state index in [1.165, 1.54) is 6.07 Å². The molecule has 9 heteroatoms. The zero-order chi connectivity index (χ0) is 20.1. The fraction of sp³-hybridized carbons (Fsp3) is 0.263. The Hall–Kier alpha value is -3.07. The van der Waals surface area contributed by atoms with Gasteiger partial charge in [-0.2, -0.15) is 0 Å². The number of carbonyl (C=O) groups excluding carboxylic acids is 2. The quantitative estimate of drug-likeness (QED) is 0.474. The lowest BCUT2D eigenvalue weighted by Crippen LogP contribution is -2.16. The standard InChI is InChI=1S/C19H18N2O6S/c1-11-3-4-14-13(7-18(23)26-15(14)5-11)8-25-19(24)10-28-9-17(22)20-16-6-12(2)27-21-16/h3-7H,8-10H2,1-2H3,(H,20,21,22). The summed E-state index contributed by atoms with van der Waals surface area (Å²) in [5.74, 6) is 0.207. The normalized spacial score (nSPS) is 10.8. The molecule has 0 bridgehead atoms. The largest absolute Gasteiger partial charge is 0.460 e. The maximum absolute atomic E-state index is 11.9. The summed E-state index contributed by atoms with van der Waals surface area (Å²) in [6, 6.07) is 8.37. The molecule has 0 unspecified atom stereocenters. The fourth-order valence-corrected chi connectivity index (χ4v) is 3.10. The molecular weight excluding hydrogens is 384 g/mol. The number of aryl methyl sites for hydroxylation is 2. The number of nitrogens with one attached hydrogen (secondary N) is 1. The van der Waals surface area contributed by atoms with E-state index in [-0.39, 0.29) is 24.0 Å². The first-order chi connectivity index (χ1) is 13.4. The number of amides is 1. The van der Waals surface area contributed by atoms with Crippen LogP contribution in [0.25, 0.3) is 11.0 Å². The Morgan fingerprint density at radius 1 is 1.18 bits per heavy atom. The zero-order valence-corrected chi connectivity index (χ0v) is 16.1. The van der Waals surface area contributed by atoms with Crippen molar-refractivity contribution in [2.75, 3.05) is 16.8 Å². The number of ether oxygens (including phenoxy) is 1. The molecule has 0 spiro atoms. The van der Waals surface area contributed by atoms with Gasteiger partial charge in [-0.3, -0.25) is 9.59 Å². The van der Waals surface area contributed by atoms with E-state index in [4.69, 9.17) is 13.7 Å². The molecule has 3 aromatic rings. The first-order valence-corrected chi connectivity index (χ1v) is 9.56. The van der Waals surface area contributed by atoms with Crippen LogP contribution in [0.15, 0.2) is 44.1 Å². The van der Waals surface area contributed by atoms with Crippen molar-refractivity contribution < 1.29 is 23.3 Å². The van der Waals surface area contributed by atoms with Gasteiger partial charge >= 0.3 is 11.6 Å². The van der Waals surface area contributed by atoms with Crippen LogP contribution in [-0.4, -0.2) is 28.5 Å². The van der Waals surface area contributed by atoms with Gasteiger partial charge in [0.2, 0.25) is 5.91 Å². The van der Waals surface area contributed by atoms with Crippen molar-refractivity contribution in [1.82, 2.24) is 5.16 Å². The molecule has 0 aliphatic carbocycles. The first-order valence-electron chi connectivity index (χ1n) is 8.40. The van der Waals surface area contributed by atoms with Gasteiger partial charge in [0.25, 0.3) is 0 Å². The van der Waals surface area contributed by atoms with Crippen LogP contribution in [0.3, 0.4) is 0 Å². The minimum absolute atomic E-state index is 0.00371. The van der Waals surface area contributed by atoms with E-state index in [0.29, 0.717) is 28.1 Å². The van der Waals surface area contributed by atoms with Crippen LogP contribution in [0.5, 0.6) is 0 Å². The molecule has 1 amide bonds. The Labute approximate surface area is 164 Å². The van der Waals surface area contributed by atoms with E-state index < -0.39 is 11.6 Å². The van der Waals surface area contributed by atoms with Crippen molar-refractivity contribution in [2.24, 2.45) is 0 Å². The van der Waals surface area contributed by atoms with Crippen LogP contribution in [0.4, 0.5) is 5.82 Å². The summed E-state index contributed by atoms with van der Waals surface area (Å²) >= 11 is 1.11. The third-order valence-electron chi connectivity index (χ3n) is 3.72. The van der Waals surface area contributed by atoms with Gasteiger partial charge in [0.1, 0.15) is 18.0 Å². The van der Waals surface area contributed by atoms with Gasteiger partial charge in [-0.15, -0.1) is 11.8 Å². The summed E-state index contributed by atoms with van der Waals surface area (Å²) in [7, 11) is 0. The lowest BCUT2D eigenvalue weighted by molar-refractivity contribution is -0.141. The number of esters is 1. The van der Waals surface area contributed by atoms with Crippen molar-refractivity contribution in [1.29, 1.82) is 0 Å². The molecule has 0 aliphatic heterocycles. The van der Waals surface area contributed by atoms with Crippen molar-refractivity contribution >= 4 is 40.4 Å². The predicted molar refractivity (Wildman–Crippen MR) is 104 cm³/mol. The number of fused-ring (bicyclic) bond motifs is 1. The third-order valence-corrected chi connectivity index (χ3v) is 4.63. The van der Waals surface area contributed by atoms with Crippen LogP contribution in [0.1, 0.15) is 16.9 Å². The third kappa shape index (κ3) is 5.23. The molecule has 1 aromatic carbocycles. The van der Waals surface area contributed by atoms with E-state index in [2.05, 4.69) is 10.5 Å². The summed E-state index contributed by atoms with van der Waals surface area (Å²) in [6.07, 6.45) is 0. The number of thioether (sulfide) groups is 1. The number of anilines is 1. The molecule has 28 heavy (non-hydrogen) atoms. The fourth-order valence-electron chi connectivity index (χ4n) is 2.49. The first kappa shape index (κ1) is 19.7. The Balaban J connectivity index is 1.49. The summed E-state index contributed by atoms with van der Waals surface area (Å²) in [5.41, 5.74) is 1.48. The van der Waals surface area contributed by atoms with Crippen LogP contribution in [0.2, 0.25) is 0 Å².